The van der Waals surface area contributed by atoms with Crippen LogP contribution in [0.1, 0.15) is 37.7 Å². The Balaban J connectivity index is 1.52. The fourth-order valence-corrected chi connectivity index (χ4v) is 2.80. The van der Waals surface area contributed by atoms with Gasteiger partial charge in [-0.3, -0.25) is 0 Å². The van der Waals surface area contributed by atoms with E-state index in [1.54, 1.807) is 0 Å². The summed E-state index contributed by atoms with van der Waals surface area (Å²) < 4.78 is 17.5. The summed E-state index contributed by atoms with van der Waals surface area (Å²) in [6.45, 7) is 4.71. The van der Waals surface area contributed by atoms with Crippen molar-refractivity contribution >= 4 is 6.08 Å². The Morgan fingerprint density at radius 3 is 2.29 bits per heavy atom. The highest BCUT2D eigenvalue weighted by atomic mass is 16.7. The van der Waals surface area contributed by atoms with Crippen molar-refractivity contribution in [2.75, 3.05) is 6.61 Å². The zero-order valence-electron chi connectivity index (χ0n) is 14.2. The summed E-state index contributed by atoms with van der Waals surface area (Å²) in [5.41, 5.74) is 2.20. The predicted molar refractivity (Wildman–Crippen MR) is 95.9 cm³/mol. The van der Waals surface area contributed by atoms with E-state index in [0.717, 1.165) is 17.7 Å². The molecule has 2 aromatic carbocycles. The lowest BCUT2D eigenvalue weighted by Gasteiger charge is -2.32. The van der Waals surface area contributed by atoms with Crippen LogP contribution in [0.4, 0.5) is 0 Å². The quantitative estimate of drug-likeness (QED) is 0.775. The van der Waals surface area contributed by atoms with Crippen LogP contribution in [0.2, 0.25) is 0 Å². The van der Waals surface area contributed by atoms with Crippen molar-refractivity contribution in [2.24, 2.45) is 0 Å². The molecule has 1 saturated heterocycles. The molecule has 1 heterocycles. The van der Waals surface area contributed by atoms with Crippen molar-refractivity contribution < 1.29 is 14.2 Å². The normalized spacial score (nSPS) is 24.2. The van der Waals surface area contributed by atoms with E-state index in [4.69, 9.17) is 14.2 Å². The molecule has 3 heteroatoms. The largest absolute Gasteiger partial charge is 0.490 e. The van der Waals surface area contributed by atoms with Gasteiger partial charge in [-0.1, -0.05) is 48.5 Å². The van der Waals surface area contributed by atoms with Crippen LogP contribution >= 0.6 is 0 Å². The van der Waals surface area contributed by atoms with Gasteiger partial charge in [-0.2, -0.15) is 0 Å². The molecule has 0 aliphatic carbocycles. The summed E-state index contributed by atoms with van der Waals surface area (Å²) in [4.78, 5) is 0. The minimum atomic E-state index is -0.282. The maximum atomic E-state index is 5.86. The maximum absolute atomic E-state index is 5.86. The van der Waals surface area contributed by atoms with Crippen LogP contribution in [0.3, 0.4) is 0 Å². The van der Waals surface area contributed by atoms with E-state index in [1.165, 1.54) is 5.56 Å². The van der Waals surface area contributed by atoms with Gasteiger partial charge in [-0.15, -0.1) is 0 Å². The van der Waals surface area contributed by atoms with Gasteiger partial charge in [0, 0.05) is 5.56 Å². The SMILES string of the molecule is CC1CC(C)OC(c2ccc(OC/C=C/c3ccccc3)cc2)O1. The Morgan fingerprint density at radius 1 is 0.958 bits per heavy atom. The third kappa shape index (κ3) is 4.70. The summed E-state index contributed by atoms with van der Waals surface area (Å²) in [6, 6.07) is 18.1. The van der Waals surface area contributed by atoms with Crippen molar-refractivity contribution in [1.29, 1.82) is 0 Å². The van der Waals surface area contributed by atoms with Crippen molar-refractivity contribution in [2.45, 2.75) is 38.8 Å². The Kier molecular flexibility index (Phi) is 5.68. The second-order valence-electron chi connectivity index (χ2n) is 6.15. The Morgan fingerprint density at radius 2 is 1.62 bits per heavy atom. The highest BCUT2D eigenvalue weighted by Gasteiger charge is 2.25. The van der Waals surface area contributed by atoms with Crippen molar-refractivity contribution in [1.82, 2.24) is 0 Å². The van der Waals surface area contributed by atoms with E-state index in [1.807, 2.05) is 48.5 Å². The van der Waals surface area contributed by atoms with E-state index in [-0.39, 0.29) is 18.5 Å². The Bertz CT molecular complexity index is 639. The summed E-state index contributed by atoms with van der Waals surface area (Å²) in [5.74, 6) is 0.841. The van der Waals surface area contributed by atoms with Gasteiger partial charge in [0.25, 0.3) is 0 Å². The van der Waals surface area contributed by atoms with Crippen molar-refractivity contribution in [3.8, 4) is 5.75 Å². The van der Waals surface area contributed by atoms with Crippen LogP contribution in [0.25, 0.3) is 6.08 Å². The third-order valence-corrected chi connectivity index (χ3v) is 3.98. The van der Waals surface area contributed by atoms with Gasteiger partial charge in [0.15, 0.2) is 6.29 Å². The fourth-order valence-electron chi connectivity index (χ4n) is 2.80. The van der Waals surface area contributed by atoms with Crippen LogP contribution in [-0.2, 0) is 9.47 Å². The average molecular weight is 324 g/mol. The van der Waals surface area contributed by atoms with Crippen molar-refractivity contribution in [3.05, 3.63) is 71.8 Å². The van der Waals surface area contributed by atoms with Gasteiger partial charge >= 0.3 is 0 Å². The van der Waals surface area contributed by atoms with Crippen LogP contribution in [0.5, 0.6) is 5.75 Å². The molecule has 1 aliphatic rings. The van der Waals surface area contributed by atoms with E-state index in [2.05, 4.69) is 32.1 Å². The Labute approximate surface area is 143 Å². The molecular formula is C21H24O3. The van der Waals surface area contributed by atoms with Gasteiger partial charge in [0.05, 0.1) is 12.2 Å². The van der Waals surface area contributed by atoms with E-state index in [0.29, 0.717) is 6.61 Å². The van der Waals surface area contributed by atoms with E-state index >= 15 is 0 Å². The van der Waals surface area contributed by atoms with Crippen LogP contribution < -0.4 is 4.74 Å². The smallest absolute Gasteiger partial charge is 0.184 e. The highest BCUT2D eigenvalue weighted by molar-refractivity contribution is 5.48. The molecule has 0 radical (unpaired) electrons. The number of ether oxygens (including phenoxy) is 3. The zero-order valence-corrected chi connectivity index (χ0v) is 14.2. The lowest BCUT2D eigenvalue weighted by atomic mass is 10.1. The molecule has 0 N–H and O–H groups in total. The van der Waals surface area contributed by atoms with Gasteiger partial charge in [-0.25, -0.2) is 0 Å². The fraction of sp³-hybridized carbons (Fsp3) is 0.333. The molecule has 1 fully saturated rings. The zero-order chi connectivity index (χ0) is 16.8. The highest BCUT2D eigenvalue weighted by Crippen LogP contribution is 2.30. The molecule has 0 saturated carbocycles. The second-order valence-corrected chi connectivity index (χ2v) is 6.15. The number of hydrogen-bond donors (Lipinski definition) is 0. The lowest BCUT2D eigenvalue weighted by Crippen LogP contribution is -2.30. The van der Waals surface area contributed by atoms with Crippen LogP contribution in [0, 0.1) is 0 Å². The molecular weight excluding hydrogens is 300 g/mol. The third-order valence-electron chi connectivity index (χ3n) is 3.98. The van der Waals surface area contributed by atoms with Crippen molar-refractivity contribution in [3.63, 3.8) is 0 Å². The summed E-state index contributed by atoms with van der Waals surface area (Å²) in [5, 5.41) is 0. The molecule has 24 heavy (non-hydrogen) atoms. The minimum Gasteiger partial charge on any atom is -0.490 e. The van der Waals surface area contributed by atoms with E-state index in [9.17, 15) is 0 Å². The Hall–Kier alpha value is -2.10. The molecule has 126 valence electrons. The topological polar surface area (TPSA) is 27.7 Å². The first-order valence-corrected chi connectivity index (χ1v) is 8.46. The number of hydrogen-bond acceptors (Lipinski definition) is 3. The number of rotatable bonds is 5. The molecule has 2 atom stereocenters. The average Bonchev–Trinajstić information content (AvgIpc) is 2.59. The summed E-state index contributed by atoms with van der Waals surface area (Å²) in [7, 11) is 0. The standard InChI is InChI=1S/C21H24O3/c1-16-15-17(2)24-21(23-16)19-10-12-20(13-11-19)22-14-6-9-18-7-4-3-5-8-18/h3-13,16-17,21H,14-15H2,1-2H3/b9-6+. The molecule has 0 bridgehead atoms. The molecule has 3 rings (SSSR count). The second kappa shape index (κ2) is 8.13. The lowest BCUT2D eigenvalue weighted by molar-refractivity contribution is -0.239. The van der Waals surface area contributed by atoms with Gasteiger partial charge < -0.3 is 14.2 Å². The molecule has 2 aromatic rings. The van der Waals surface area contributed by atoms with E-state index < -0.39 is 0 Å². The molecule has 1 aliphatic heterocycles. The molecule has 3 nitrogen and oxygen atoms in total. The summed E-state index contributed by atoms with van der Waals surface area (Å²) >= 11 is 0. The molecule has 0 aromatic heterocycles. The van der Waals surface area contributed by atoms with Crippen LogP contribution in [-0.4, -0.2) is 18.8 Å². The number of benzene rings is 2. The minimum absolute atomic E-state index is 0.220. The first-order chi connectivity index (χ1) is 11.7. The summed E-state index contributed by atoms with van der Waals surface area (Å²) in [6.07, 6.45) is 5.16. The van der Waals surface area contributed by atoms with Gasteiger partial charge in [-0.05, 0) is 44.0 Å². The maximum Gasteiger partial charge on any atom is 0.184 e. The van der Waals surface area contributed by atoms with Gasteiger partial charge in [0.1, 0.15) is 12.4 Å². The molecule has 2 unspecified atom stereocenters. The molecule has 0 amide bonds. The monoisotopic (exact) mass is 324 g/mol. The van der Waals surface area contributed by atoms with Crippen LogP contribution in [0.15, 0.2) is 60.7 Å². The van der Waals surface area contributed by atoms with Gasteiger partial charge in [0.2, 0.25) is 0 Å². The molecule has 0 spiro atoms. The first kappa shape index (κ1) is 16.7. The first-order valence-electron chi connectivity index (χ1n) is 8.46. The predicted octanol–water partition coefficient (Wildman–Crippen LogP) is 4.99.